The molecule has 0 N–H and O–H groups in total. The van der Waals surface area contributed by atoms with E-state index in [4.69, 9.17) is 4.74 Å². The van der Waals surface area contributed by atoms with Crippen LogP contribution in [0.4, 0.5) is 0 Å². The average molecular weight is 254 g/mol. The van der Waals surface area contributed by atoms with Crippen LogP contribution in [0.25, 0.3) is 0 Å². The number of ether oxygens (including phenoxy) is 1. The predicted molar refractivity (Wildman–Crippen MR) is 69.0 cm³/mol. The van der Waals surface area contributed by atoms with Gasteiger partial charge in [-0.1, -0.05) is 37.3 Å². The van der Waals surface area contributed by atoms with Crippen LogP contribution in [-0.4, -0.2) is 22.0 Å². The largest absolute Gasteiger partial charge is 0.466 e. The van der Waals surface area contributed by atoms with Gasteiger partial charge < -0.3 is 4.74 Å². The highest BCUT2D eigenvalue weighted by molar-refractivity contribution is 7.84. The summed E-state index contributed by atoms with van der Waals surface area (Å²) in [6.45, 7) is 3.95. The van der Waals surface area contributed by atoms with Crippen LogP contribution in [0.5, 0.6) is 0 Å². The summed E-state index contributed by atoms with van der Waals surface area (Å²) in [5.41, 5.74) is 1.03. The molecule has 1 rings (SSSR count). The third kappa shape index (κ3) is 5.13. The summed E-state index contributed by atoms with van der Waals surface area (Å²) in [5.74, 6) is 0.211. The summed E-state index contributed by atoms with van der Waals surface area (Å²) in [6, 6.07) is 9.64. The van der Waals surface area contributed by atoms with E-state index in [0.717, 1.165) is 5.56 Å². The molecule has 0 heterocycles. The van der Waals surface area contributed by atoms with Crippen molar-refractivity contribution in [2.45, 2.75) is 31.3 Å². The molecule has 0 saturated carbocycles. The highest BCUT2D eigenvalue weighted by Gasteiger charge is 2.16. The molecule has 2 unspecified atom stereocenters. The molecule has 0 aliphatic heterocycles. The van der Waals surface area contributed by atoms with E-state index in [2.05, 4.69) is 0 Å². The first-order valence-corrected chi connectivity index (χ1v) is 7.08. The Morgan fingerprint density at radius 1 is 1.35 bits per heavy atom. The maximum Gasteiger partial charge on any atom is 0.306 e. The van der Waals surface area contributed by atoms with Crippen molar-refractivity contribution in [1.82, 2.24) is 0 Å². The second-order valence-corrected chi connectivity index (χ2v) is 5.69. The summed E-state index contributed by atoms with van der Waals surface area (Å²) in [4.78, 5) is 11.3. The van der Waals surface area contributed by atoms with Gasteiger partial charge in [0.1, 0.15) is 0 Å². The molecule has 2 atom stereocenters. The van der Waals surface area contributed by atoms with Gasteiger partial charge in [0.25, 0.3) is 0 Å². The molecule has 1 aromatic carbocycles. The Hall–Kier alpha value is -1.16. The van der Waals surface area contributed by atoms with Crippen molar-refractivity contribution in [3.8, 4) is 0 Å². The Morgan fingerprint density at radius 3 is 2.59 bits per heavy atom. The normalized spacial score (nSPS) is 14.0. The standard InChI is InChI=1S/C13H18O3S/c1-3-16-13(14)9-11(2)17(15)10-12-7-5-4-6-8-12/h4-8,11H,3,9-10H2,1-2H3. The third-order valence-electron chi connectivity index (χ3n) is 2.36. The fourth-order valence-corrected chi connectivity index (χ4v) is 2.56. The number of rotatable bonds is 6. The number of benzene rings is 1. The van der Waals surface area contributed by atoms with Crippen molar-refractivity contribution in [1.29, 1.82) is 0 Å². The zero-order valence-electron chi connectivity index (χ0n) is 10.2. The minimum absolute atomic E-state index is 0.172. The van der Waals surface area contributed by atoms with Crippen LogP contribution < -0.4 is 0 Å². The number of esters is 1. The fraction of sp³-hybridized carbons (Fsp3) is 0.462. The van der Waals surface area contributed by atoms with Gasteiger partial charge in [-0.2, -0.15) is 0 Å². The zero-order chi connectivity index (χ0) is 12.7. The minimum Gasteiger partial charge on any atom is -0.466 e. The van der Waals surface area contributed by atoms with Crippen molar-refractivity contribution in [2.75, 3.05) is 6.61 Å². The van der Waals surface area contributed by atoms with Crippen molar-refractivity contribution in [3.63, 3.8) is 0 Å². The number of carbonyl (C=O) groups excluding carboxylic acids is 1. The number of hydrogen-bond donors (Lipinski definition) is 0. The Kier molecular flexibility index (Phi) is 5.91. The van der Waals surface area contributed by atoms with E-state index in [-0.39, 0.29) is 17.6 Å². The van der Waals surface area contributed by atoms with Gasteiger partial charge in [0.15, 0.2) is 0 Å². The summed E-state index contributed by atoms with van der Waals surface area (Å²) in [6.07, 6.45) is 0.216. The van der Waals surface area contributed by atoms with Crippen molar-refractivity contribution in [3.05, 3.63) is 35.9 Å². The molecule has 0 spiro atoms. The average Bonchev–Trinajstić information content (AvgIpc) is 2.30. The van der Waals surface area contributed by atoms with E-state index in [1.807, 2.05) is 37.3 Å². The number of carbonyl (C=O) groups is 1. The highest BCUT2D eigenvalue weighted by Crippen LogP contribution is 2.10. The van der Waals surface area contributed by atoms with Crippen LogP contribution in [0, 0.1) is 0 Å². The van der Waals surface area contributed by atoms with E-state index in [9.17, 15) is 9.00 Å². The maximum atomic E-state index is 12.0. The first-order valence-electron chi connectivity index (χ1n) is 5.70. The van der Waals surface area contributed by atoms with Gasteiger partial charge in [-0.25, -0.2) is 0 Å². The molecule has 0 amide bonds. The lowest BCUT2D eigenvalue weighted by Gasteiger charge is -2.10. The molecule has 94 valence electrons. The topological polar surface area (TPSA) is 43.4 Å². The summed E-state index contributed by atoms with van der Waals surface area (Å²) in [7, 11) is -1.04. The molecule has 0 saturated heterocycles. The Balaban J connectivity index is 2.45. The fourth-order valence-electron chi connectivity index (χ4n) is 1.43. The lowest BCUT2D eigenvalue weighted by molar-refractivity contribution is -0.143. The van der Waals surface area contributed by atoms with Gasteiger partial charge in [0, 0.05) is 21.8 Å². The molecule has 1 aromatic rings. The Bertz CT molecular complexity index is 376. The molecule has 0 aromatic heterocycles. The second kappa shape index (κ2) is 7.22. The smallest absolute Gasteiger partial charge is 0.306 e. The van der Waals surface area contributed by atoms with Gasteiger partial charge in [0.05, 0.1) is 13.0 Å². The second-order valence-electron chi connectivity index (χ2n) is 3.83. The molecule has 0 fully saturated rings. The SMILES string of the molecule is CCOC(=O)CC(C)S(=O)Cc1ccccc1. The molecule has 4 heteroatoms. The molecule has 0 bridgehead atoms. The van der Waals surface area contributed by atoms with Crippen LogP contribution in [-0.2, 0) is 26.1 Å². The molecule has 17 heavy (non-hydrogen) atoms. The van der Waals surface area contributed by atoms with E-state index < -0.39 is 10.8 Å². The van der Waals surface area contributed by atoms with Gasteiger partial charge in [0.2, 0.25) is 0 Å². The van der Waals surface area contributed by atoms with Gasteiger partial charge in [-0.15, -0.1) is 0 Å². The molecular formula is C13H18O3S. The first-order chi connectivity index (χ1) is 8.13. The van der Waals surface area contributed by atoms with E-state index in [1.165, 1.54) is 0 Å². The van der Waals surface area contributed by atoms with E-state index >= 15 is 0 Å². The summed E-state index contributed by atoms with van der Waals surface area (Å²) in [5, 5.41) is -0.172. The van der Waals surface area contributed by atoms with E-state index in [1.54, 1.807) is 6.92 Å². The molecule has 3 nitrogen and oxygen atoms in total. The molecule has 0 aliphatic carbocycles. The van der Waals surface area contributed by atoms with Crippen LogP contribution >= 0.6 is 0 Å². The van der Waals surface area contributed by atoms with Gasteiger partial charge in [-0.05, 0) is 12.5 Å². The lowest BCUT2D eigenvalue weighted by atomic mass is 10.2. The molecule has 0 aliphatic rings. The minimum atomic E-state index is -1.04. The lowest BCUT2D eigenvalue weighted by Crippen LogP contribution is -2.19. The highest BCUT2D eigenvalue weighted by atomic mass is 32.2. The predicted octanol–water partition coefficient (Wildman–Crippen LogP) is 2.28. The van der Waals surface area contributed by atoms with Crippen molar-refractivity contribution in [2.24, 2.45) is 0 Å². The Morgan fingerprint density at radius 2 is 2.00 bits per heavy atom. The van der Waals surface area contributed by atoms with Gasteiger partial charge >= 0.3 is 5.97 Å². The van der Waals surface area contributed by atoms with Crippen LogP contribution in [0.2, 0.25) is 0 Å². The van der Waals surface area contributed by atoms with Crippen molar-refractivity contribution < 1.29 is 13.7 Å². The number of hydrogen-bond acceptors (Lipinski definition) is 3. The van der Waals surface area contributed by atoms with Crippen molar-refractivity contribution >= 4 is 16.8 Å². The van der Waals surface area contributed by atoms with Gasteiger partial charge in [-0.3, -0.25) is 9.00 Å². The summed E-state index contributed by atoms with van der Waals surface area (Å²) < 4.78 is 16.8. The first kappa shape index (κ1) is 13.9. The van der Waals surface area contributed by atoms with E-state index in [0.29, 0.717) is 12.4 Å². The summed E-state index contributed by atoms with van der Waals surface area (Å²) >= 11 is 0. The monoisotopic (exact) mass is 254 g/mol. The molecule has 0 radical (unpaired) electrons. The molecular weight excluding hydrogens is 236 g/mol. The zero-order valence-corrected chi connectivity index (χ0v) is 11.0. The Labute approximate surface area is 105 Å². The van der Waals surface area contributed by atoms with Crippen LogP contribution in [0.15, 0.2) is 30.3 Å². The quantitative estimate of drug-likeness (QED) is 0.731. The van der Waals surface area contributed by atoms with Crippen LogP contribution in [0.1, 0.15) is 25.8 Å². The maximum absolute atomic E-state index is 12.0. The van der Waals surface area contributed by atoms with Crippen LogP contribution in [0.3, 0.4) is 0 Å². The third-order valence-corrected chi connectivity index (χ3v) is 4.04.